The molecule has 2 fully saturated rings. The predicted octanol–water partition coefficient (Wildman–Crippen LogP) is 2.74. The first kappa shape index (κ1) is 9.98. The zero-order valence-electron chi connectivity index (χ0n) is 9.34. The van der Waals surface area contributed by atoms with Gasteiger partial charge in [-0.2, -0.15) is 5.26 Å². The summed E-state index contributed by atoms with van der Waals surface area (Å²) < 4.78 is 5.68. The zero-order chi connectivity index (χ0) is 10.4. The molecule has 2 aliphatic rings. The molecule has 0 amide bonds. The van der Waals surface area contributed by atoms with Crippen LogP contribution in [0.5, 0.6) is 0 Å². The molecule has 2 nitrogen and oxygen atoms in total. The van der Waals surface area contributed by atoms with Gasteiger partial charge in [0.15, 0.2) is 0 Å². The lowest BCUT2D eigenvalue weighted by molar-refractivity contribution is -0.151. The van der Waals surface area contributed by atoms with Crippen LogP contribution in [0.4, 0.5) is 0 Å². The highest BCUT2D eigenvalue weighted by Crippen LogP contribution is 2.65. The summed E-state index contributed by atoms with van der Waals surface area (Å²) in [6.07, 6.45) is 3.68. The van der Waals surface area contributed by atoms with Crippen molar-refractivity contribution < 1.29 is 4.74 Å². The molecule has 0 radical (unpaired) electrons. The summed E-state index contributed by atoms with van der Waals surface area (Å²) in [5.74, 6) is 0.566. The third-order valence-corrected chi connectivity index (χ3v) is 4.22. The lowest BCUT2D eigenvalue weighted by atomic mass is 9.54. The number of nitrogens with zero attached hydrogens (tertiary/aromatic N) is 1. The van der Waals surface area contributed by atoms with Crippen molar-refractivity contribution in [3.8, 4) is 6.07 Å². The second-order valence-corrected chi connectivity index (χ2v) is 5.32. The van der Waals surface area contributed by atoms with Gasteiger partial charge in [-0.1, -0.05) is 13.8 Å². The van der Waals surface area contributed by atoms with Crippen molar-refractivity contribution in [2.75, 3.05) is 6.61 Å². The normalized spacial score (nSPS) is 37.0. The summed E-state index contributed by atoms with van der Waals surface area (Å²) >= 11 is 0. The first-order valence-corrected chi connectivity index (χ1v) is 5.59. The fourth-order valence-electron chi connectivity index (χ4n) is 2.98. The van der Waals surface area contributed by atoms with Crippen LogP contribution >= 0.6 is 0 Å². The van der Waals surface area contributed by atoms with Gasteiger partial charge in [-0.05, 0) is 37.5 Å². The minimum Gasteiger partial charge on any atom is -0.378 e. The summed E-state index contributed by atoms with van der Waals surface area (Å²) in [6, 6.07) is 2.52. The van der Waals surface area contributed by atoms with Crippen LogP contribution in [0.1, 0.15) is 40.0 Å². The van der Waals surface area contributed by atoms with Gasteiger partial charge in [0.2, 0.25) is 0 Å². The maximum atomic E-state index is 9.15. The van der Waals surface area contributed by atoms with E-state index in [-0.39, 0.29) is 10.8 Å². The Kier molecular flexibility index (Phi) is 2.12. The van der Waals surface area contributed by atoms with Crippen LogP contribution in [0, 0.1) is 28.1 Å². The molecule has 0 aromatic heterocycles. The van der Waals surface area contributed by atoms with Crippen LogP contribution in [-0.2, 0) is 4.74 Å². The minimum atomic E-state index is 0.0249. The van der Waals surface area contributed by atoms with Crippen LogP contribution in [0.25, 0.3) is 0 Å². The van der Waals surface area contributed by atoms with Gasteiger partial charge in [0.1, 0.15) is 0 Å². The van der Waals surface area contributed by atoms with E-state index < -0.39 is 0 Å². The molecule has 14 heavy (non-hydrogen) atoms. The molecule has 2 saturated carbocycles. The third kappa shape index (κ3) is 1.19. The second-order valence-electron chi connectivity index (χ2n) is 5.32. The molecular weight excluding hydrogens is 174 g/mol. The Morgan fingerprint density at radius 2 is 2.07 bits per heavy atom. The Hall–Kier alpha value is -0.550. The van der Waals surface area contributed by atoms with Gasteiger partial charge in [-0.15, -0.1) is 0 Å². The fourth-order valence-corrected chi connectivity index (χ4v) is 2.98. The SMILES string of the molecule is CCOC1CC(C2(C#N)CC2)C1(C)C. The molecule has 2 aliphatic carbocycles. The third-order valence-electron chi connectivity index (χ3n) is 4.22. The van der Waals surface area contributed by atoms with Crippen LogP contribution in [0.3, 0.4) is 0 Å². The molecule has 0 aromatic carbocycles. The van der Waals surface area contributed by atoms with Gasteiger partial charge in [-0.3, -0.25) is 0 Å². The topological polar surface area (TPSA) is 33.0 Å². The van der Waals surface area contributed by atoms with E-state index in [4.69, 9.17) is 10.00 Å². The smallest absolute Gasteiger partial charge is 0.0692 e. The van der Waals surface area contributed by atoms with Crippen LogP contribution in [0.2, 0.25) is 0 Å². The Bertz CT molecular complexity index is 273. The molecule has 0 heterocycles. The van der Waals surface area contributed by atoms with E-state index in [9.17, 15) is 0 Å². The maximum absolute atomic E-state index is 9.15. The Balaban J connectivity index is 2.03. The van der Waals surface area contributed by atoms with Gasteiger partial charge in [0.25, 0.3) is 0 Å². The predicted molar refractivity (Wildman–Crippen MR) is 54.6 cm³/mol. The van der Waals surface area contributed by atoms with Crippen LogP contribution in [-0.4, -0.2) is 12.7 Å². The van der Waals surface area contributed by atoms with E-state index in [1.165, 1.54) is 0 Å². The highest BCUT2D eigenvalue weighted by Gasteiger charge is 2.63. The van der Waals surface area contributed by atoms with Crippen molar-refractivity contribution in [3.05, 3.63) is 0 Å². The monoisotopic (exact) mass is 193 g/mol. The van der Waals surface area contributed by atoms with Crippen molar-refractivity contribution >= 4 is 0 Å². The molecule has 0 aromatic rings. The number of hydrogen-bond donors (Lipinski definition) is 0. The first-order chi connectivity index (χ1) is 6.57. The summed E-state index contributed by atoms with van der Waals surface area (Å²) in [6.45, 7) is 7.33. The average molecular weight is 193 g/mol. The standard InChI is InChI=1S/C12H19NO/c1-4-14-10-7-9(11(10,2)3)12(8-13)5-6-12/h9-10H,4-7H2,1-3H3. The number of rotatable bonds is 3. The largest absolute Gasteiger partial charge is 0.378 e. The van der Waals surface area contributed by atoms with Crippen molar-refractivity contribution in [2.24, 2.45) is 16.7 Å². The zero-order valence-corrected chi connectivity index (χ0v) is 9.34. The summed E-state index contributed by atoms with van der Waals surface area (Å²) in [4.78, 5) is 0. The van der Waals surface area contributed by atoms with E-state index in [1.807, 2.05) is 6.92 Å². The van der Waals surface area contributed by atoms with Crippen LogP contribution < -0.4 is 0 Å². The van der Waals surface area contributed by atoms with Gasteiger partial charge < -0.3 is 4.74 Å². The van der Waals surface area contributed by atoms with E-state index >= 15 is 0 Å². The molecule has 0 aliphatic heterocycles. The molecule has 2 unspecified atom stereocenters. The summed E-state index contributed by atoms with van der Waals surface area (Å²) in [5, 5.41) is 9.15. The van der Waals surface area contributed by atoms with Gasteiger partial charge in [-0.25, -0.2) is 0 Å². The average Bonchev–Trinajstić information content (AvgIpc) is 2.92. The quantitative estimate of drug-likeness (QED) is 0.690. The lowest BCUT2D eigenvalue weighted by Gasteiger charge is -2.53. The first-order valence-electron chi connectivity index (χ1n) is 5.59. The minimum absolute atomic E-state index is 0.0249. The maximum Gasteiger partial charge on any atom is 0.0692 e. The molecular formula is C12H19NO. The summed E-state index contributed by atoms with van der Waals surface area (Å²) in [5.41, 5.74) is 0.235. The molecule has 0 bridgehead atoms. The van der Waals surface area contributed by atoms with Crippen LogP contribution in [0.15, 0.2) is 0 Å². The fraction of sp³-hybridized carbons (Fsp3) is 0.917. The Morgan fingerprint density at radius 3 is 2.43 bits per heavy atom. The van der Waals surface area contributed by atoms with E-state index in [0.717, 1.165) is 25.9 Å². The second kappa shape index (κ2) is 2.97. The van der Waals surface area contributed by atoms with Crippen molar-refractivity contribution in [1.29, 1.82) is 5.26 Å². The highest BCUT2D eigenvalue weighted by molar-refractivity contribution is 5.20. The van der Waals surface area contributed by atoms with E-state index in [0.29, 0.717) is 12.0 Å². The number of ether oxygens (including phenoxy) is 1. The molecule has 0 spiro atoms. The van der Waals surface area contributed by atoms with E-state index in [2.05, 4.69) is 19.9 Å². The highest BCUT2D eigenvalue weighted by atomic mass is 16.5. The molecule has 2 rings (SSSR count). The van der Waals surface area contributed by atoms with Crippen molar-refractivity contribution in [1.82, 2.24) is 0 Å². The number of nitriles is 1. The molecule has 78 valence electrons. The molecule has 2 heteroatoms. The lowest BCUT2D eigenvalue weighted by Crippen LogP contribution is -2.54. The van der Waals surface area contributed by atoms with Crippen molar-refractivity contribution in [3.63, 3.8) is 0 Å². The van der Waals surface area contributed by atoms with Gasteiger partial charge >= 0.3 is 0 Å². The summed E-state index contributed by atoms with van der Waals surface area (Å²) in [7, 11) is 0. The molecule has 2 atom stereocenters. The van der Waals surface area contributed by atoms with E-state index in [1.54, 1.807) is 0 Å². The Morgan fingerprint density at radius 1 is 1.43 bits per heavy atom. The Labute approximate surface area is 86.2 Å². The van der Waals surface area contributed by atoms with Gasteiger partial charge in [0, 0.05) is 6.61 Å². The van der Waals surface area contributed by atoms with Gasteiger partial charge in [0.05, 0.1) is 17.6 Å². The number of hydrogen-bond acceptors (Lipinski definition) is 2. The molecule has 0 saturated heterocycles. The molecule has 0 N–H and O–H groups in total. The van der Waals surface area contributed by atoms with Crippen molar-refractivity contribution in [2.45, 2.75) is 46.1 Å².